The second-order valence-corrected chi connectivity index (χ2v) is 6.53. The van der Waals surface area contributed by atoms with E-state index in [4.69, 9.17) is 4.74 Å². The zero-order chi connectivity index (χ0) is 20.8. The topological polar surface area (TPSA) is 165 Å². The van der Waals surface area contributed by atoms with Crippen LogP contribution in [-0.4, -0.2) is 144 Å². The van der Waals surface area contributed by atoms with Crippen molar-refractivity contribution in [3.8, 4) is 0 Å². The van der Waals surface area contributed by atoms with Gasteiger partial charge in [0.2, 0.25) is 0 Å². The number of hydrogen-bond donors (Lipinski definition) is 6. The van der Waals surface area contributed by atoms with Gasteiger partial charge in [-0.25, -0.2) is 9.59 Å². The summed E-state index contributed by atoms with van der Waals surface area (Å²) in [5.41, 5.74) is 0. The van der Waals surface area contributed by atoms with E-state index in [1.807, 2.05) is 0 Å². The summed E-state index contributed by atoms with van der Waals surface area (Å²) in [7, 11) is 0. The maximum atomic E-state index is 12.2. The summed E-state index contributed by atoms with van der Waals surface area (Å²) in [6, 6.07) is 0. The minimum absolute atomic E-state index is 0.101. The lowest BCUT2D eigenvalue weighted by Gasteiger charge is -2.37. The van der Waals surface area contributed by atoms with Crippen molar-refractivity contribution in [3.05, 3.63) is 0 Å². The van der Waals surface area contributed by atoms with Gasteiger partial charge in [-0.05, 0) is 0 Å². The van der Waals surface area contributed by atoms with Crippen LogP contribution in [0.1, 0.15) is 0 Å². The number of carbonyl (C=O) groups excluding carboxylic acids is 2. The van der Waals surface area contributed by atoms with Crippen LogP contribution >= 0.6 is 0 Å². The fourth-order valence-corrected chi connectivity index (χ4v) is 3.16. The van der Waals surface area contributed by atoms with Gasteiger partial charge < -0.3 is 44.3 Å². The van der Waals surface area contributed by atoms with Crippen molar-refractivity contribution in [3.63, 3.8) is 0 Å². The summed E-state index contributed by atoms with van der Waals surface area (Å²) in [6.07, 6.45) is 0. The first kappa shape index (κ1) is 25.8. The molecule has 11 heteroatoms. The van der Waals surface area contributed by atoms with E-state index in [1.165, 1.54) is 0 Å². The van der Waals surface area contributed by atoms with Crippen LogP contribution in [0.4, 0.5) is 0 Å². The molecule has 0 saturated heterocycles. The molecule has 0 saturated carbocycles. The lowest BCUT2D eigenvalue weighted by molar-refractivity contribution is -0.923. The van der Waals surface area contributed by atoms with E-state index in [0.29, 0.717) is 0 Å². The van der Waals surface area contributed by atoms with Crippen LogP contribution in [0, 0.1) is 0 Å². The zero-order valence-corrected chi connectivity index (χ0v) is 15.7. The molecule has 0 aromatic carbocycles. The van der Waals surface area contributed by atoms with Crippen LogP contribution in [0.15, 0.2) is 0 Å². The Morgan fingerprint density at radius 3 is 0.926 bits per heavy atom. The zero-order valence-electron chi connectivity index (χ0n) is 15.7. The fourth-order valence-electron chi connectivity index (χ4n) is 3.16. The molecule has 6 N–H and O–H groups in total. The molecule has 0 radical (unpaired) electrons. The SMILES string of the molecule is O=C(C[N+](CCO)(CCO)CCO)OC(=O)C[N+](CCO)(CCO)CCO. The Bertz CT molecular complexity index is 362. The minimum atomic E-state index is -0.870. The van der Waals surface area contributed by atoms with Gasteiger partial charge >= 0.3 is 11.9 Å². The van der Waals surface area contributed by atoms with E-state index in [-0.39, 0.29) is 101 Å². The predicted molar refractivity (Wildman–Crippen MR) is 93.1 cm³/mol. The van der Waals surface area contributed by atoms with Gasteiger partial charge in [-0.15, -0.1) is 0 Å². The molecule has 0 spiro atoms. The average molecular weight is 398 g/mol. The highest BCUT2D eigenvalue weighted by Gasteiger charge is 2.34. The molecule has 0 aliphatic rings. The summed E-state index contributed by atoms with van der Waals surface area (Å²) in [5.74, 6) is -1.74. The monoisotopic (exact) mass is 398 g/mol. The molecule has 160 valence electrons. The number of nitrogens with zero attached hydrogens (tertiary/aromatic N) is 2. The van der Waals surface area contributed by atoms with E-state index < -0.39 is 11.9 Å². The molecule has 11 nitrogen and oxygen atoms in total. The molecule has 0 unspecified atom stereocenters. The highest BCUT2D eigenvalue weighted by Crippen LogP contribution is 2.09. The van der Waals surface area contributed by atoms with Crippen LogP contribution in [-0.2, 0) is 14.3 Å². The first-order valence-electron chi connectivity index (χ1n) is 8.95. The van der Waals surface area contributed by atoms with E-state index in [1.54, 1.807) is 0 Å². The molecule has 0 aromatic heterocycles. The molecule has 0 fully saturated rings. The number of ether oxygens (including phenoxy) is 1. The van der Waals surface area contributed by atoms with Crippen molar-refractivity contribution in [2.45, 2.75) is 0 Å². The number of esters is 2. The van der Waals surface area contributed by atoms with Crippen molar-refractivity contribution in [1.82, 2.24) is 0 Å². The quantitative estimate of drug-likeness (QED) is 0.0856. The molecular formula is C16H34N2O9+2. The van der Waals surface area contributed by atoms with Gasteiger partial charge in [-0.3, -0.25) is 0 Å². The molecule has 0 bridgehead atoms. The Balaban J connectivity index is 5.04. The van der Waals surface area contributed by atoms with Crippen molar-refractivity contribution in [1.29, 1.82) is 0 Å². The normalized spacial score (nSPS) is 12.2. The summed E-state index contributed by atoms with van der Waals surface area (Å²) in [6.45, 7) is -1.66. The van der Waals surface area contributed by atoms with Gasteiger partial charge in [0.25, 0.3) is 0 Å². The largest absolute Gasteiger partial charge is 0.391 e. The average Bonchev–Trinajstić information content (AvgIpc) is 2.55. The summed E-state index contributed by atoms with van der Waals surface area (Å²) in [4.78, 5) is 24.4. The number of aliphatic hydroxyl groups is 6. The Labute approximate surface area is 158 Å². The maximum absolute atomic E-state index is 12.2. The van der Waals surface area contributed by atoms with Crippen LogP contribution in [0.25, 0.3) is 0 Å². The Morgan fingerprint density at radius 2 is 0.741 bits per heavy atom. The lowest BCUT2D eigenvalue weighted by Crippen LogP contribution is -2.58. The third-order valence-corrected chi connectivity index (χ3v) is 4.60. The molecule has 0 aromatic rings. The summed E-state index contributed by atoms with van der Waals surface area (Å²) >= 11 is 0. The van der Waals surface area contributed by atoms with E-state index in [0.717, 1.165) is 0 Å². The Hall–Kier alpha value is -1.18. The third-order valence-electron chi connectivity index (χ3n) is 4.60. The van der Waals surface area contributed by atoms with Gasteiger partial charge in [0.05, 0.1) is 39.6 Å². The molecule has 0 atom stereocenters. The standard InChI is InChI=1S/C16H34N2O9/c19-7-1-17(2-8-20,3-9-21)13-15(25)27-16(26)14-18(4-10-22,5-11-23)6-12-24/h19-24H,1-14H2/q+2. The number of hydrogen-bond acceptors (Lipinski definition) is 9. The second kappa shape index (κ2) is 13.9. The van der Waals surface area contributed by atoms with Gasteiger partial charge in [0.15, 0.2) is 13.1 Å². The van der Waals surface area contributed by atoms with Gasteiger partial charge in [0.1, 0.15) is 39.3 Å². The summed E-state index contributed by atoms with van der Waals surface area (Å²) < 4.78 is 4.59. The highest BCUT2D eigenvalue weighted by atomic mass is 16.6. The summed E-state index contributed by atoms with van der Waals surface area (Å²) in [5, 5.41) is 55.3. The fraction of sp³-hybridized carbons (Fsp3) is 0.875. The maximum Gasteiger partial charge on any atom is 0.369 e. The van der Waals surface area contributed by atoms with Crippen molar-refractivity contribution >= 4 is 11.9 Å². The first-order valence-corrected chi connectivity index (χ1v) is 8.95. The van der Waals surface area contributed by atoms with Crippen molar-refractivity contribution in [2.75, 3.05) is 92.0 Å². The lowest BCUT2D eigenvalue weighted by atomic mass is 10.3. The highest BCUT2D eigenvalue weighted by molar-refractivity contribution is 5.86. The first-order chi connectivity index (χ1) is 12.9. The Morgan fingerprint density at radius 1 is 0.519 bits per heavy atom. The Kier molecular flexibility index (Phi) is 13.3. The van der Waals surface area contributed by atoms with Gasteiger partial charge in [-0.1, -0.05) is 0 Å². The third kappa shape index (κ3) is 9.53. The van der Waals surface area contributed by atoms with Crippen LogP contribution in [0.3, 0.4) is 0 Å². The van der Waals surface area contributed by atoms with Crippen LogP contribution in [0.2, 0.25) is 0 Å². The minimum Gasteiger partial charge on any atom is -0.391 e. The van der Waals surface area contributed by atoms with Crippen LogP contribution in [0.5, 0.6) is 0 Å². The number of quaternary nitrogens is 2. The van der Waals surface area contributed by atoms with Crippen molar-refractivity contribution < 1.29 is 53.9 Å². The van der Waals surface area contributed by atoms with Crippen molar-refractivity contribution in [2.24, 2.45) is 0 Å². The van der Waals surface area contributed by atoms with E-state index >= 15 is 0 Å². The molecule has 0 rings (SSSR count). The second-order valence-electron chi connectivity index (χ2n) is 6.53. The van der Waals surface area contributed by atoms with Crippen LogP contribution < -0.4 is 0 Å². The number of rotatable bonds is 16. The predicted octanol–water partition coefficient (Wildman–Crippen LogP) is -4.36. The smallest absolute Gasteiger partial charge is 0.369 e. The van der Waals surface area contributed by atoms with Gasteiger partial charge in [-0.2, -0.15) is 0 Å². The molecule has 0 aliphatic carbocycles. The van der Waals surface area contributed by atoms with E-state index in [9.17, 15) is 40.2 Å². The number of aliphatic hydroxyl groups excluding tert-OH is 6. The molecular weight excluding hydrogens is 364 g/mol. The van der Waals surface area contributed by atoms with E-state index in [2.05, 4.69) is 0 Å². The van der Waals surface area contributed by atoms with Gasteiger partial charge in [0, 0.05) is 0 Å². The molecule has 0 heterocycles. The molecule has 27 heavy (non-hydrogen) atoms. The molecule has 0 aliphatic heterocycles. The molecule has 0 amide bonds. The number of carbonyl (C=O) groups is 2.